The van der Waals surface area contributed by atoms with Crippen LogP contribution in [-0.2, 0) is 0 Å². The molecule has 3 aromatic rings. The highest BCUT2D eigenvalue weighted by molar-refractivity contribution is 7.14. The Labute approximate surface area is 131 Å². The van der Waals surface area contributed by atoms with E-state index in [0.29, 0.717) is 5.69 Å². The zero-order valence-corrected chi connectivity index (χ0v) is 12.3. The zero-order valence-electron chi connectivity index (χ0n) is 11.5. The van der Waals surface area contributed by atoms with Crippen LogP contribution in [0.2, 0.25) is 0 Å². The van der Waals surface area contributed by atoms with Gasteiger partial charge in [0.2, 0.25) is 0 Å². The molecule has 0 radical (unpaired) electrons. The Hall–Kier alpha value is -2.93. The molecule has 0 unspecified atom stereocenters. The summed E-state index contributed by atoms with van der Waals surface area (Å²) in [5.41, 5.74) is 7.54. The molecule has 4 N–H and O–H groups in total. The number of pyridine rings is 1. The molecule has 2 amide bonds. The highest BCUT2D eigenvalue weighted by Crippen LogP contribution is 2.27. The third-order valence-corrected chi connectivity index (χ3v) is 3.61. The number of primary amides is 1. The smallest absolute Gasteiger partial charge is 0.316 e. The van der Waals surface area contributed by atoms with Crippen LogP contribution in [0.25, 0.3) is 11.3 Å². The third kappa shape index (κ3) is 3.39. The van der Waals surface area contributed by atoms with Gasteiger partial charge in [0.05, 0.1) is 5.69 Å². The Balaban J connectivity index is 1.74. The van der Waals surface area contributed by atoms with Crippen molar-refractivity contribution in [2.45, 2.75) is 0 Å². The van der Waals surface area contributed by atoms with Gasteiger partial charge in [0.1, 0.15) is 5.82 Å². The van der Waals surface area contributed by atoms with Gasteiger partial charge in [-0.2, -0.15) is 0 Å². The lowest BCUT2D eigenvalue weighted by atomic mass is 10.1. The number of thiazole rings is 1. The Morgan fingerprint density at radius 3 is 2.64 bits per heavy atom. The summed E-state index contributed by atoms with van der Waals surface area (Å²) < 4.78 is 0. The van der Waals surface area contributed by atoms with Crippen molar-refractivity contribution in [2.24, 2.45) is 5.73 Å². The second-order valence-electron chi connectivity index (χ2n) is 4.44. The number of urea groups is 1. The standard InChI is InChI=1S/C15H13N5OS/c16-14(21)18-11-6-4-10(5-7-11)12-9-22-15(19-12)20-13-3-1-2-8-17-13/h1-9H,(H3,16,18,21)(H,17,19,20). The van der Waals surface area contributed by atoms with Crippen molar-refractivity contribution >= 4 is 34.0 Å². The first kappa shape index (κ1) is 14.0. The Morgan fingerprint density at radius 2 is 1.95 bits per heavy atom. The van der Waals surface area contributed by atoms with Gasteiger partial charge in [-0.25, -0.2) is 14.8 Å². The molecule has 0 aliphatic carbocycles. The number of nitrogens with two attached hydrogens (primary N) is 1. The Kier molecular flexibility index (Phi) is 3.97. The van der Waals surface area contributed by atoms with Crippen molar-refractivity contribution in [1.82, 2.24) is 9.97 Å². The number of benzene rings is 1. The van der Waals surface area contributed by atoms with Crippen LogP contribution in [0.3, 0.4) is 0 Å². The van der Waals surface area contributed by atoms with Crippen LogP contribution in [0.5, 0.6) is 0 Å². The molecule has 2 aromatic heterocycles. The summed E-state index contributed by atoms with van der Waals surface area (Å²) in [6, 6.07) is 12.4. The van der Waals surface area contributed by atoms with Crippen molar-refractivity contribution in [3.8, 4) is 11.3 Å². The number of hydrogen-bond acceptors (Lipinski definition) is 5. The SMILES string of the molecule is NC(=O)Nc1ccc(-c2csc(Nc3ccccn3)n2)cc1. The molecule has 22 heavy (non-hydrogen) atoms. The maximum atomic E-state index is 10.8. The van der Waals surface area contributed by atoms with Crippen LogP contribution in [0.4, 0.5) is 21.4 Å². The molecule has 3 rings (SSSR count). The fraction of sp³-hybridized carbons (Fsp3) is 0. The van der Waals surface area contributed by atoms with Gasteiger partial charge >= 0.3 is 6.03 Å². The molecular weight excluding hydrogens is 298 g/mol. The molecule has 0 aliphatic heterocycles. The number of rotatable bonds is 4. The first-order valence-electron chi connectivity index (χ1n) is 6.51. The monoisotopic (exact) mass is 311 g/mol. The van der Waals surface area contributed by atoms with E-state index in [9.17, 15) is 4.79 Å². The molecular formula is C15H13N5OS. The van der Waals surface area contributed by atoms with Gasteiger partial charge in [-0.05, 0) is 24.3 Å². The molecule has 2 heterocycles. The molecule has 0 bridgehead atoms. The predicted molar refractivity (Wildman–Crippen MR) is 88.3 cm³/mol. The lowest BCUT2D eigenvalue weighted by molar-refractivity contribution is 0.259. The van der Waals surface area contributed by atoms with E-state index >= 15 is 0 Å². The second-order valence-corrected chi connectivity index (χ2v) is 5.30. The van der Waals surface area contributed by atoms with E-state index in [1.165, 1.54) is 11.3 Å². The maximum absolute atomic E-state index is 10.8. The molecule has 0 fully saturated rings. The number of amides is 2. The fourth-order valence-electron chi connectivity index (χ4n) is 1.88. The summed E-state index contributed by atoms with van der Waals surface area (Å²) in [7, 11) is 0. The van der Waals surface area contributed by atoms with Crippen LogP contribution in [0, 0.1) is 0 Å². The van der Waals surface area contributed by atoms with Crippen molar-refractivity contribution < 1.29 is 4.79 Å². The first-order chi connectivity index (χ1) is 10.7. The summed E-state index contributed by atoms with van der Waals surface area (Å²) in [5.74, 6) is 0.754. The summed E-state index contributed by atoms with van der Waals surface area (Å²) in [5, 5.41) is 8.41. The van der Waals surface area contributed by atoms with E-state index in [0.717, 1.165) is 22.2 Å². The maximum Gasteiger partial charge on any atom is 0.316 e. The normalized spacial score (nSPS) is 10.2. The van der Waals surface area contributed by atoms with Crippen molar-refractivity contribution in [1.29, 1.82) is 0 Å². The minimum atomic E-state index is -0.580. The van der Waals surface area contributed by atoms with Gasteiger partial charge in [-0.1, -0.05) is 18.2 Å². The lowest BCUT2D eigenvalue weighted by Gasteiger charge is -2.02. The quantitative estimate of drug-likeness (QED) is 0.688. The molecule has 0 atom stereocenters. The highest BCUT2D eigenvalue weighted by atomic mass is 32.1. The van der Waals surface area contributed by atoms with Gasteiger partial charge < -0.3 is 16.4 Å². The largest absolute Gasteiger partial charge is 0.351 e. The van der Waals surface area contributed by atoms with Crippen LogP contribution in [0.15, 0.2) is 54.0 Å². The molecule has 0 aliphatic rings. The number of nitrogens with one attached hydrogen (secondary N) is 2. The van der Waals surface area contributed by atoms with E-state index in [2.05, 4.69) is 20.6 Å². The number of carbonyl (C=O) groups excluding carboxylic acids is 1. The average molecular weight is 311 g/mol. The highest BCUT2D eigenvalue weighted by Gasteiger charge is 2.05. The average Bonchev–Trinajstić information content (AvgIpc) is 2.97. The lowest BCUT2D eigenvalue weighted by Crippen LogP contribution is -2.19. The van der Waals surface area contributed by atoms with E-state index in [-0.39, 0.29) is 0 Å². The van der Waals surface area contributed by atoms with E-state index in [4.69, 9.17) is 5.73 Å². The fourth-order valence-corrected chi connectivity index (χ4v) is 2.60. The Bertz CT molecular complexity index is 770. The number of nitrogens with zero attached hydrogens (tertiary/aromatic N) is 2. The van der Waals surface area contributed by atoms with Gasteiger partial charge in [0.15, 0.2) is 5.13 Å². The van der Waals surface area contributed by atoms with Crippen LogP contribution in [0.1, 0.15) is 0 Å². The van der Waals surface area contributed by atoms with Crippen LogP contribution >= 0.6 is 11.3 Å². The molecule has 6 nitrogen and oxygen atoms in total. The molecule has 7 heteroatoms. The number of anilines is 3. The summed E-state index contributed by atoms with van der Waals surface area (Å²) in [6.45, 7) is 0. The predicted octanol–water partition coefficient (Wildman–Crippen LogP) is 3.44. The van der Waals surface area contributed by atoms with Gasteiger partial charge in [0, 0.05) is 22.8 Å². The van der Waals surface area contributed by atoms with Crippen LogP contribution < -0.4 is 16.4 Å². The minimum Gasteiger partial charge on any atom is -0.351 e. The van der Waals surface area contributed by atoms with Crippen molar-refractivity contribution in [3.05, 3.63) is 54.0 Å². The van der Waals surface area contributed by atoms with Crippen LogP contribution in [-0.4, -0.2) is 16.0 Å². The molecule has 0 saturated carbocycles. The number of aromatic nitrogens is 2. The summed E-state index contributed by atoms with van der Waals surface area (Å²) >= 11 is 1.50. The van der Waals surface area contributed by atoms with E-state index in [1.807, 2.05) is 35.7 Å². The number of hydrogen-bond donors (Lipinski definition) is 3. The summed E-state index contributed by atoms with van der Waals surface area (Å²) in [4.78, 5) is 19.5. The first-order valence-corrected chi connectivity index (χ1v) is 7.39. The van der Waals surface area contributed by atoms with E-state index in [1.54, 1.807) is 18.3 Å². The molecule has 110 valence electrons. The van der Waals surface area contributed by atoms with Crippen molar-refractivity contribution in [3.63, 3.8) is 0 Å². The minimum absolute atomic E-state index is 0.580. The van der Waals surface area contributed by atoms with Gasteiger partial charge in [-0.15, -0.1) is 11.3 Å². The van der Waals surface area contributed by atoms with Gasteiger partial charge in [-0.3, -0.25) is 0 Å². The molecule has 0 spiro atoms. The molecule has 0 saturated heterocycles. The Morgan fingerprint density at radius 1 is 1.14 bits per heavy atom. The van der Waals surface area contributed by atoms with Crippen molar-refractivity contribution in [2.75, 3.05) is 10.6 Å². The zero-order chi connectivity index (χ0) is 15.4. The summed E-state index contributed by atoms with van der Waals surface area (Å²) in [6.07, 6.45) is 1.72. The topological polar surface area (TPSA) is 92.9 Å². The second kappa shape index (κ2) is 6.23. The van der Waals surface area contributed by atoms with E-state index < -0.39 is 6.03 Å². The molecule has 1 aromatic carbocycles. The number of carbonyl (C=O) groups is 1. The van der Waals surface area contributed by atoms with Gasteiger partial charge in [0.25, 0.3) is 0 Å². The third-order valence-electron chi connectivity index (χ3n) is 2.85.